The molecule has 1 saturated heterocycles. The number of aryl methyl sites for hydroxylation is 1. The van der Waals surface area contributed by atoms with Gasteiger partial charge in [-0.3, -0.25) is 19.4 Å². The maximum atomic E-state index is 14.3. The van der Waals surface area contributed by atoms with Crippen molar-refractivity contribution in [1.29, 1.82) is 0 Å². The van der Waals surface area contributed by atoms with Crippen LogP contribution in [0, 0.1) is 18.8 Å². The first-order valence-corrected chi connectivity index (χ1v) is 12.9. The van der Waals surface area contributed by atoms with Crippen molar-refractivity contribution < 1.29 is 14.4 Å². The number of carbonyl (C=O) groups is 3. The Kier molecular flexibility index (Phi) is 5.10. The molecule has 8 rings (SSSR count). The van der Waals surface area contributed by atoms with Gasteiger partial charge in [0.05, 0.1) is 28.5 Å². The second-order valence-corrected chi connectivity index (χ2v) is 10.3. The molecule has 3 aliphatic carbocycles. The van der Waals surface area contributed by atoms with E-state index in [4.69, 9.17) is 0 Å². The fourth-order valence-electron chi connectivity index (χ4n) is 6.75. The summed E-state index contributed by atoms with van der Waals surface area (Å²) in [6.07, 6.45) is 4.72. The summed E-state index contributed by atoms with van der Waals surface area (Å²) in [4.78, 5) is 46.6. The first-order chi connectivity index (χ1) is 19.0. The van der Waals surface area contributed by atoms with Crippen LogP contribution in [0.2, 0.25) is 0 Å². The number of anilines is 1. The Balaban J connectivity index is 1.41. The molecule has 0 spiro atoms. The van der Waals surface area contributed by atoms with Gasteiger partial charge in [-0.05, 0) is 53.4 Å². The molecule has 4 aliphatic rings. The van der Waals surface area contributed by atoms with Crippen molar-refractivity contribution in [3.63, 3.8) is 0 Å². The van der Waals surface area contributed by atoms with Gasteiger partial charge in [0.1, 0.15) is 0 Å². The largest absolute Gasteiger partial charge is 0.274 e. The Morgan fingerprint density at radius 1 is 0.897 bits per heavy atom. The van der Waals surface area contributed by atoms with Crippen LogP contribution in [0.3, 0.4) is 0 Å². The zero-order valence-electron chi connectivity index (χ0n) is 21.1. The van der Waals surface area contributed by atoms with Crippen LogP contribution < -0.4 is 10.3 Å². The molecule has 4 aromatic rings. The Hall–Kier alpha value is -4.91. The van der Waals surface area contributed by atoms with Gasteiger partial charge in [-0.1, -0.05) is 66.2 Å². The second kappa shape index (κ2) is 8.56. The molecule has 2 bridgehead atoms. The molecule has 7 heteroatoms. The van der Waals surface area contributed by atoms with E-state index >= 15 is 0 Å². The summed E-state index contributed by atoms with van der Waals surface area (Å²) < 4.78 is 0. The zero-order chi connectivity index (χ0) is 26.7. The van der Waals surface area contributed by atoms with Crippen LogP contribution in [-0.4, -0.2) is 28.9 Å². The van der Waals surface area contributed by atoms with Crippen molar-refractivity contribution in [2.24, 2.45) is 16.9 Å². The van der Waals surface area contributed by atoms with Gasteiger partial charge in [0, 0.05) is 24.5 Å². The fourth-order valence-corrected chi connectivity index (χ4v) is 6.75. The van der Waals surface area contributed by atoms with Crippen LogP contribution >= 0.6 is 0 Å². The number of hydrogen-bond acceptors (Lipinski definition) is 5. The summed E-state index contributed by atoms with van der Waals surface area (Å²) in [6.45, 7) is 1.97. The molecule has 190 valence electrons. The number of benzene rings is 3. The lowest BCUT2D eigenvalue weighted by molar-refractivity contribution is -0.122. The van der Waals surface area contributed by atoms with Crippen LogP contribution in [0.15, 0.2) is 102 Å². The summed E-state index contributed by atoms with van der Waals surface area (Å²) in [6, 6.07) is 26.7. The zero-order valence-corrected chi connectivity index (χ0v) is 21.1. The Morgan fingerprint density at radius 2 is 1.56 bits per heavy atom. The lowest BCUT2D eigenvalue weighted by atomic mass is 9.47. The number of nitrogens with zero attached hydrogens (tertiary/aromatic N) is 3. The molecule has 2 heterocycles. The SMILES string of the molecule is Cc1ccc(N2C(=O)[C@@H]3C4c5ccccc5C(/C=N/NC(=O)c5cccnc5)(c5ccccc54)[C@H]3C2=O)cc1. The highest BCUT2D eigenvalue weighted by molar-refractivity contribution is 6.25. The minimum Gasteiger partial charge on any atom is -0.274 e. The lowest BCUT2D eigenvalue weighted by Crippen LogP contribution is -2.54. The Bertz CT molecular complexity index is 1630. The molecule has 3 amide bonds. The van der Waals surface area contributed by atoms with Gasteiger partial charge in [0.25, 0.3) is 5.91 Å². The summed E-state index contributed by atoms with van der Waals surface area (Å²) in [5.41, 5.74) is 7.44. The Labute approximate surface area is 225 Å². The van der Waals surface area contributed by atoms with Gasteiger partial charge in [0.15, 0.2) is 0 Å². The molecular weight excluding hydrogens is 488 g/mol. The molecular formula is C32H24N4O3. The Morgan fingerprint density at radius 3 is 2.21 bits per heavy atom. The number of nitrogens with one attached hydrogen (secondary N) is 1. The highest BCUT2D eigenvalue weighted by atomic mass is 16.2. The third-order valence-electron chi connectivity index (χ3n) is 8.33. The lowest BCUT2D eigenvalue weighted by Gasteiger charge is -2.52. The van der Waals surface area contributed by atoms with E-state index in [-0.39, 0.29) is 17.7 Å². The first kappa shape index (κ1) is 23.2. The molecule has 7 nitrogen and oxygen atoms in total. The van der Waals surface area contributed by atoms with Crippen LogP contribution in [0.4, 0.5) is 5.69 Å². The van der Waals surface area contributed by atoms with Gasteiger partial charge < -0.3 is 0 Å². The van der Waals surface area contributed by atoms with Crippen molar-refractivity contribution in [1.82, 2.24) is 10.4 Å². The molecule has 0 radical (unpaired) electrons. The first-order valence-electron chi connectivity index (χ1n) is 12.9. The highest BCUT2D eigenvalue weighted by Crippen LogP contribution is 2.63. The van der Waals surface area contributed by atoms with Crippen molar-refractivity contribution in [3.8, 4) is 0 Å². The molecule has 1 aromatic heterocycles. The topological polar surface area (TPSA) is 91.7 Å². The van der Waals surface area contributed by atoms with Crippen LogP contribution in [0.1, 0.15) is 44.1 Å². The second-order valence-electron chi connectivity index (χ2n) is 10.3. The molecule has 39 heavy (non-hydrogen) atoms. The average molecular weight is 513 g/mol. The van der Waals surface area contributed by atoms with E-state index in [0.29, 0.717) is 11.3 Å². The van der Waals surface area contributed by atoms with Crippen LogP contribution in [0.5, 0.6) is 0 Å². The summed E-state index contributed by atoms with van der Waals surface area (Å²) in [7, 11) is 0. The molecule has 0 saturated carbocycles. The quantitative estimate of drug-likeness (QED) is 0.250. The van der Waals surface area contributed by atoms with E-state index in [0.717, 1.165) is 27.8 Å². The molecule has 0 unspecified atom stereocenters. The number of carbonyl (C=O) groups excluding carboxylic acids is 3. The van der Waals surface area contributed by atoms with Crippen LogP contribution in [0.25, 0.3) is 0 Å². The minimum atomic E-state index is -1.04. The third-order valence-corrected chi connectivity index (χ3v) is 8.33. The van der Waals surface area contributed by atoms with Gasteiger partial charge in [-0.15, -0.1) is 0 Å². The number of aromatic nitrogens is 1. The third kappa shape index (κ3) is 3.19. The highest BCUT2D eigenvalue weighted by Gasteiger charge is 2.68. The van der Waals surface area contributed by atoms with E-state index in [1.54, 1.807) is 24.5 Å². The van der Waals surface area contributed by atoms with Gasteiger partial charge in [-0.2, -0.15) is 5.10 Å². The normalized spacial score (nSPS) is 24.4. The number of rotatable bonds is 4. The number of hydrogen-bond donors (Lipinski definition) is 1. The maximum absolute atomic E-state index is 14.3. The standard InChI is InChI=1S/C32H24N4O3/c1-19-12-14-21(15-13-19)36-30(38)27-26-22-8-2-4-10-24(22)32(28(27)31(36)39,25-11-5-3-9-23(25)26)18-34-35-29(37)20-7-6-16-33-17-20/h2-18,26-28H,1H3,(H,35,37)/b34-18+/t26?,27-,28-,32?/m1/s1. The maximum Gasteiger partial charge on any atom is 0.272 e. The van der Waals surface area contributed by atoms with Crippen molar-refractivity contribution in [2.75, 3.05) is 4.90 Å². The van der Waals surface area contributed by atoms with Crippen LogP contribution in [-0.2, 0) is 15.0 Å². The number of hydrazone groups is 1. The van der Waals surface area contributed by atoms with E-state index in [1.165, 1.54) is 11.1 Å². The predicted molar refractivity (Wildman–Crippen MR) is 146 cm³/mol. The van der Waals surface area contributed by atoms with Crippen molar-refractivity contribution in [2.45, 2.75) is 18.3 Å². The van der Waals surface area contributed by atoms with Crippen molar-refractivity contribution in [3.05, 3.63) is 131 Å². The minimum absolute atomic E-state index is 0.208. The molecule has 1 fully saturated rings. The predicted octanol–water partition coefficient (Wildman–Crippen LogP) is 4.36. The van der Waals surface area contributed by atoms with E-state index in [1.807, 2.05) is 79.7 Å². The summed E-state index contributed by atoms with van der Waals surface area (Å²) in [5, 5.41) is 4.43. The van der Waals surface area contributed by atoms with Gasteiger partial charge in [0.2, 0.25) is 11.8 Å². The van der Waals surface area contributed by atoms with E-state index < -0.39 is 23.2 Å². The van der Waals surface area contributed by atoms with E-state index in [9.17, 15) is 14.4 Å². The summed E-state index contributed by atoms with van der Waals surface area (Å²) >= 11 is 0. The number of pyridine rings is 1. The fraction of sp³-hybridized carbons (Fsp3) is 0.156. The average Bonchev–Trinajstić information content (AvgIpc) is 3.25. The number of amides is 3. The molecule has 3 aromatic carbocycles. The monoisotopic (exact) mass is 512 g/mol. The molecule has 2 atom stereocenters. The molecule has 1 aliphatic heterocycles. The van der Waals surface area contributed by atoms with Crippen molar-refractivity contribution >= 4 is 29.6 Å². The van der Waals surface area contributed by atoms with Gasteiger partial charge in [-0.25, -0.2) is 10.3 Å². The number of imide groups is 1. The van der Waals surface area contributed by atoms with E-state index in [2.05, 4.69) is 15.5 Å². The molecule has 1 N–H and O–H groups in total. The smallest absolute Gasteiger partial charge is 0.272 e. The summed E-state index contributed by atoms with van der Waals surface area (Å²) in [5.74, 6) is -2.43. The van der Waals surface area contributed by atoms with Gasteiger partial charge >= 0.3 is 0 Å².